The summed E-state index contributed by atoms with van der Waals surface area (Å²) in [6, 6.07) is 15.7. The summed E-state index contributed by atoms with van der Waals surface area (Å²) in [6.45, 7) is 0. The van der Waals surface area contributed by atoms with Gasteiger partial charge in [-0.2, -0.15) is 0 Å². The van der Waals surface area contributed by atoms with Crippen LogP contribution in [0, 0.1) is 0 Å². The minimum absolute atomic E-state index is 1.14. The molecule has 0 spiro atoms. The molecule has 0 heterocycles. The van der Waals surface area contributed by atoms with Gasteiger partial charge in [-0.1, -0.05) is 0 Å². The fraction of sp³-hybridized carbons (Fsp3) is 0.250. The fourth-order valence-electron chi connectivity index (χ4n) is 2.86. The fourth-order valence-corrected chi connectivity index (χ4v) is 6.48. The molecule has 0 bridgehead atoms. The summed E-state index contributed by atoms with van der Waals surface area (Å²) in [5.41, 5.74) is 6.05. The van der Waals surface area contributed by atoms with Crippen molar-refractivity contribution in [2.24, 2.45) is 0 Å². The molecule has 0 fully saturated rings. The zero-order valence-corrected chi connectivity index (χ0v) is 12.8. The molecule has 0 saturated carbocycles. The van der Waals surface area contributed by atoms with E-state index in [4.69, 9.17) is 0 Å². The van der Waals surface area contributed by atoms with Crippen molar-refractivity contribution in [2.45, 2.75) is 23.7 Å². The van der Waals surface area contributed by atoms with Crippen molar-refractivity contribution in [1.82, 2.24) is 0 Å². The molecule has 0 nitrogen and oxygen atoms in total. The Labute approximate surface area is 106 Å². The van der Waals surface area contributed by atoms with Gasteiger partial charge in [-0.05, 0) is 0 Å². The molecule has 0 atom stereocenters. The zero-order valence-electron chi connectivity index (χ0n) is 10.7. The Balaban J connectivity index is 2.24. The predicted molar refractivity (Wildman–Crippen MR) is 77.7 cm³/mol. The van der Waals surface area contributed by atoms with Crippen LogP contribution in [-0.2, 0) is 6.42 Å². The summed E-state index contributed by atoms with van der Waals surface area (Å²) < 4.78 is 1.68. The second-order valence-electron chi connectivity index (χ2n) is 5.92. The van der Waals surface area contributed by atoms with Crippen molar-refractivity contribution >= 4 is 17.7 Å². The Bertz CT molecular complexity index is 576. The van der Waals surface area contributed by atoms with Crippen molar-refractivity contribution in [3.8, 4) is 11.1 Å². The Morgan fingerprint density at radius 1 is 0.824 bits per heavy atom. The van der Waals surface area contributed by atoms with Gasteiger partial charge in [0.05, 0.1) is 0 Å². The number of rotatable bonds is 1. The van der Waals surface area contributed by atoms with Gasteiger partial charge in [0, 0.05) is 0 Å². The van der Waals surface area contributed by atoms with Gasteiger partial charge in [0.25, 0.3) is 0 Å². The molecule has 1 heteroatoms. The van der Waals surface area contributed by atoms with Crippen LogP contribution in [0.2, 0.25) is 17.3 Å². The van der Waals surface area contributed by atoms with E-state index >= 15 is 0 Å². The monoisotopic (exact) mass is 284 g/mol. The molecule has 0 N–H and O–H groups in total. The van der Waals surface area contributed by atoms with E-state index in [0.29, 0.717) is 0 Å². The van der Waals surface area contributed by atoms with Gasteiger partial charge in [-0.15, -0.1) is 0 Å². The molecule has 17 heavy (non-hydrogen) atoms. The third-order valence-electron chi connectivity index (χ3n) is 3.66. The van der Waals surface area contributed by atoms with Crippen molar-refractivity contribution in [2.75, 3.05) is 0 Å². The summed E-state index contributed by atoms with van der Waals surface area (Å²) in [5.74, 6) is 7.45. The molecule has 0 amide bonds. The number of benzene rings is 2. The van der Waals surface area contributed by atoms with E-state index in [0.717, 1.165) is 6.42 Å². The summed E-state index contributed by atoms with van der Waals surface area (Å²) in [5, 5.41) is 0. The van der Waals surface area contributed by atoms with Crippen LogP contribution in [-0.4, -0.2) is 13.3 Å². The average molecular weight is 283 g/mol. The van der Waals surface area contributed by atoms with Crippen LogP contribution < -0.4 is 4.40 Å². The van der Waals surface area contributed by atoms with E-state index in [1.54, 1.807) is 9.96 Å². The van der Waals surface area contributed by atoms with Crippen LogP contribution in [0.3, 0.4) is 0 Å². The SMILES string of the molecule is [CH3][Ge]([CH3])([CH3])[c]1cccc2c1Cc1ccccc1-2. The van der Waals surface area contributed by atoms with Gasteiger partial charge >= 0.3 is 106 Å². The van der Waals surface area contributed by atoms with Gasteiger partial charge in [0.15, 0.2) is 0 Å². The maximum atomic E-state index is 2.48. The number of hydrogen-bond acceptors (Lipinski definition) is 0. The van der Waals surface area contributed by atoms with Crippen molar-refractivity contribution in [3.63, 3.8) is 0 Å². The molecule has 3 rings (SSSR count). The molecule has 0 radical (unpaired) electrons. The molecule has 0 aliphatic heterocycles. The van der Waals surface area contributed by atoms with E-state index in [-0.39, 0.29) is 0 Å². The van der Waals surface area contributed by atoms with Crippen molar-refractivity contribution < 1.29 is 0 Å². The standard InChI is InChI=1S/C16H18Ge/c1-17(2,3)16-10-6-9-14-13-8-5-4-7-12(13)11-15(14)16/h4-10H,11H2,1-3H3. The first kappa shape index (κ1) is 11.1. The number of hydrogen-bond donors (Lipinski definition) is 0. The molecule has 1 aliphatic carbocycles. The summed E-state index contributed by atoms with van der Waals surface area (Å²) >= 11 is -1.74. The molecule has 0 unspecified atom stereocenters. The molecule has 0 saturated heterocycles. The topological polar surface area (TPSA) is 0 Å². The van der Waals surface area contributed by atoms with E-state index in [1.807, 2.05) is 0 Å². The molecule has 0 aromatic heterocycles. The normalized spacial score (nSPS) is 13.4. The van der Waals surface area contributed by atoms with Crippen LogP contribution in [0.1, 0.15) is 11.1 Å². The first-order valence-corrected chi connectivity index (χ1v) is 13.6. The molecule has 2 aromatic carbocycles. The van der Waals surface area contributed by atoms with Crippen LogP contribution in [0.25, 0.3) is 11.1 Å². The first-order chi connectivity index (χ1) is 8.07. The van der Waals surface area contributed by atoms with Crippen molar-refractivity contribution in [1.29, 1.82) is 0 Å². The van der Waals surface area contributed by atoms with E-state index in [9.17, 15) is 0 Å². The van der Waals surface area contributed by atoms with Gasteiger partial charge in [0.1, 0.15) is 0 Å². The van der Waals surface area contributed by atoms with Crippen LogP contribution in [0.15, 0.2) is 42.5 Å². The van der Waals surface area contributed by atoms with Crippen LogP contribution >= 0.6 is 0 Å². The summed E-state index contributed by atoms with van der Waals surface area (Å²) in [7, 11) is 0. The predicted octanol–water partition coefficient (Wildman–Crippen LogP) is 3.80. The molecular weight excluding hydrogens is 265 g/mol. The van der Waals surface area contributed by atoms with Crippen LogP contribution in [0.4, 0.5) is 0 Å². The van der Waals surface area contributed by atoms with Gasteiger partial charge in [-0.3, -0.25) is 0 Å². The number of fused-ring (bicyclic) bond motifs is 3. The average Bonchev–Trinajstić information content (AvgIpc) is 2.65. The van der Waals surface area contributed by atoms with E-state index in [1.165, 1.54) is 16.7 Å². The van der Waals surface area contributed by atoms with Gasteiger partial charge in [-0.25, -0.2) is 0 Å². The molecule has 2 aromatic rings. The first-order valence-electron chi connectivity index (χ1n) is 6.28. The second-order valence-corrected chi connectivity index (χ2v) is 16.5. The van der Waals surface area contributed by atoms with E-state index in [2.05, 4.69) is 59.7 Å². The Morgan fingerprint density at radius 3 is 2.29 bits per heavy atom. The Hall–Kier alpha value is -1.02. The minimum atomic E-state index is -1.74. The second kappa shape index (κ2) is 3.74. The zero-order chi connectivity index (χ0) is 12.0. The summed E-state index contributed by atoms with van der Waals surface area (Å²) in [4.78, 5) is 0. The van der Waals surface area contributed by atoms with Gasteiger partial charge < -0.3 is 0 Å². The maximum absolute atomic E-state index is 2.48. The quantitative estimate of drug-likeness (QED) is 0.596. The Morgan fingerprint density at radius 2 is 1.53 bits per heavy atom. The summed E-state index contributed by atoms with van der Waals surface area (Å²) in [6.07, 6.45) is 1.14. The Kier molecular flexibility index (Phi) is 2.44. The van der Waals surface area contributed by atoms with E-state index < -0.39 is 13.3 Å². The van der Waals surface area contributed by atoms with Gasteiger partial charge in [0.2, 0.25) is 0 Å². The third-order valence-corrected chi connectivity index (χ3v) is 8.03. The van der Waals surface area contributed by atoms with Crippen molar-refractivity contribution in [3.05, 3.63) is 53.6 Å². The third kappa shape index (κ3) is 1.75. The molecular formula is C16H18Ge. The molecule has 86 valence electrons. The van der Waals surface area contributed by atoms with Crippen LogP contribution in [0.5, 0.6) is 0 Å². The molecule has 1 aliphatic rings.